The predicted molar refractivity (Wildman–Crippen MR) is 98.6 cm³/mol. The normalized spacial score (nSPS) is 17.0. The maximum atomic E-state index is 12.0. The van der Waals surface area contributed by atoms with Gasteiger partial charge in [-0.25, -0.2) is 4.79 Å². The molecule has 0 bridgehead atoms. The minimum Gasteiger partial charge on any atom is -0.453 e. The summed E-state index contributed by atoms with van der Waals surface area (Å²) >= 11 is 0. The molecule has 0 aromatic heterocycles. The van der Waals surface area contributed by atoms with Crippen LogP contribution in [-0.4, -0.2) is 30.1 Å². The molecule has 0 radical (unpaired) electrons. The molecule has 1 fully saturated rings. The summed E-state index contributed by atoms with van der Waals surface area (Å²) in [4.78, 5) is 36.0. The Morgan fingerprint density at radius 1 is 1.08 bits per heavy atom. The number of urea groups is 1. The second-order valence-corrected chi connectivity index (χ2v) is 6.95. The number of benzene rings is 1. The van der Waals surface area contributed by atoms with Gasteiger partial charge in [-0.15, -0.1) is 0 Å². The van der Waals surface area contributed by atoms with Crippen molar-refractivity contribution >= 4 is 17.9 Å². The number of carbonyl (C=O) groups is 3. The molecule has 2 N–H and O–H groups in total. The molecule has 26 heavy (non-hydrogen) atoms. The highest BCUT2D eigenvalue weighted by atomic mass is 16.5. The Labute approximate surface area is 154 Å². The van der Waals surface area contributed by atoms with E-state index >= 15 is 0 Å². The third-order valence-corrected chi connectivity index (χ3v) is 4.70. The number of carbonyl (C=O) groups excluding carboxylic acids is 3. The van der Waals surface area contributed by atoms with Gasteiger partial charge in [0.25, 0.3) is 5.91 Å². The summed E-state index contributed by atoms with van der Waals surface area (Å²) in [6.45, 7) is 3.40. The molecular weight excluding hydrogens is 332 g/mol. The Hall–Kier alpha value is -2.37. The molecule has 2 atom stereocenters. The third-order valence-electron chi connectivity index (χ3n) is 4.70. The Balaban J connectivity index is 1.73. The SMILES string of the molecule is C[C@@H](OC(=O)C[C@H](C)c1ccccc1)C(=O)NC(=O)NC1CCCCC1. The van der Waals surface area contributed by atoms with Crippen LogP contribution < -0.4 is 10.6 Å². The fraction of sp³-hybridized carbons (Fsp3) is 0.550. The summed E-state index contributed by atoms with van der Waals surface area (Å²) in [5.41, 5.74) is 1.04. The van der Waals surface area contributed by atoms with Crippen molar-refractivity contribution in [3.05, 3.63) is 35.9 Å². The highest BCUT2D eigenvalue weighted by Crippen LogP contribution is 2.19. The molecule has 3 amide bonds. The number of esters is 1. The first kappa shape index (κ1) is 19.9. The lowest BCUT2D eigenvalue weighted by Gasteiger charge is -2.23. The van der Waals surface area contributed by atoms with Gasteiger partial charge in [0.1, 0.15) is 0 Å². The van der Waals surface area contributed by atoms with Crippen LogP contribution >= 0.6 is 0 Å². The van der Waals surface area contributed by atoms with E-state index in [-0.39, 0.29) is 18.4 Å². The fourth-order valence-corrected chi connectivity index (χ4v) is 3.13. The summed E-state index contributed by atoms with van der Waals surface area (Å²) in [6, 6.07) is 9.23. The minimum absolute atomic E-state index is 0.00596. The standard InChI is InChI=1S/C20H28N2O4/c1-14(16-9-5-3-6-10-16)13-18(23)26-15(2)19(24)22-20(25)21-17-11-7-4-8-12-17/h3,5-6,9-10,14-15,17H,4,7-8,11-13H2,1-2H3,(H2,21,22,24,25)/t14-,15+/m0/s1. The van der Waals surface area contributed by atoms with E-state index in [4.69, 9.17) is 4.74 Å². The van der Waals surface area contributed by atoms with Gasteiger partial charge in [0.05, 0.1) is 6.42 Å². The lowest BCUT2D eigenvalue weighted by molar-refractivity contribution is -0.154. The highest BCUT2D eigenvalue weighted by molar-refractivity contribution is 5.97. The first-order chi connectivity index (χ1) is 12.5. The van der Waals surface area contributed by atoms with Crippen molar-refractivity contribution < 1.29 is 19.1 Å². The number of imide groups is 1. The lowest BCUT2D eigenvalue weighted by Crippen LogP contribution is -2.48. The van der Waals surface area contributed by atoms with Gasteiger partial charge in [-0.05, 0) is 31.2 Å². The second-order valence-electron chi connectivity index (χ2n) is 6.95. The van der Waals surface area contributed by atoms with E-state index in [1.807, 2.05) is 37.3 Å². The van der Waals surface area contributed by atoms with Crippen molar-refractivity contribution in [3.8, 4) is 0 Å². The molecule has 2 rings (SSSR count). The number of amides is 3. The Morgan fingerprint density at radius 3 is 2.38 bits per heavy atom. The van der Waals surface area contributed by atoms with Crippen molar-refractivity contribution in [2.45, 2.75) is 70.4 Å². The summed E-state index contributed by atoms with van der Waals surface area (Å²) < 4.78 is 5.16. The minimum atomic E-state index is -1.01. The molecule has 0 heterocycles. The molecule has 6 nitrogen and oxygen atoms in total. The second kappa shape index (κ2) is 9.94. The molecule has 142 valence electrons. The van der Waals surface area contributed by atoms with Gasteiger partial charge in [-0.3, -0.25) is 14.9 Å². The van der Waals surface area contributed by atoms with Crippen molar-refractivity contribution in [1.29, 1.82) is 0 Å². The number of hydrogen-bond acceptors (Lipinski definition) is 4. The van der Waals surface area contributed by atoms with Crippen LogP contribution in [0, 0.1) is 0 Å². The quantitative estimate of drug-likeness (QED) is 0.763. The van der Waals surface area contributed by atoms with Gasteiger partial charge in [-0.2, -0.15) is 0 Å². The topological polar surface area (TPSA) is 84.5 Å². The zero-order valence-electron chi connectivity index (χ0n) is 15.5. The molecule has 6 heteroatoms. The molecule has 0 saturated heterocycles. The summed E-state index contributed by atoms with van der Waals surface area (Å²) in [5.74, 6) is -1.08. The number of ether oxygens (including phenoxy) is 1. The van der Waals surface area contributed by atoms with Crippen LogP contribution in [-0.2, 0) is 14.3 Å². The molecule has 1 aliphatic carbocycles. The van der Waals surface area contributed by atoms with Crippen molar-refractivity contribution in [3.63, 3.8) is 0 Å². The highest BCUT2D eigenvalue weighted by Gasteiger charge is 2.23. The number of rotatable bonds is 6. The van der Waals surface area contributed by atoms with Crippen molar-refractivity contribution in [1.82, 2.24) is 10.6 Å². The molecular formula is C20H28N2O4. The first-order valence-corrected chi connectivity index (χ1v) is 9.31. The van der Waals surface area contributed by atoms with Crippen LogP contribution in [0.1, 0.15) is 63.9 Å². The average Bonchev–Trinajstić information content (AvgIpc) is 2.62. The monoisotopic (exact) mass is 360 g/mol. The molecule has 1 saturated carbocycles. The molecule has 0 aliphatic heterocycles. The van der Waals surface area contributed by atoms with Crippen LogP contribution in [0.25, 0.3) is 0 Å². The average molecular weight is 360 g/mol. The van der Waals surface area contributed by atoms with Crippen molar-refractivity contribution in [2.24, 2.45) is 0 Å². The third kappa shape index (κ3) is 6.50. The molecule has 1 aromatic rings. The summed E-state index contributed by atoms with van der Waals surface area (Å²) in [7, 11) is 0. The van der Waals surface area contributed by atoms with Gasteiger partial charge >= 0.3 is 12.0 Å². The van der Waals surface area contributed by atoms with E-state index < -0.39 is 24.0 Å². The zero-order chi connectivity index (χ0) is 18.9. The lowest BCUT2D eigenvalue weighted by atomic mass is 9.96. The van der Waals surface area contributed by atoms with Crippen LogP contribution in [0.15, 0.2) is 30.3 Å². The van der Waals surface area contributed by atoms with E-state index in [1.54, 1.807) is 0 Å². The van der Waals surface area contributed by atoms with E-state index in [2.05, 4.69) is 10.6 Å². The van der Waals surface area contributed by atoms with E-state index in [9.17, 15) is 14.4 Å². The van der Waals surface area contributed by atoms with Crippen LogP contribution in [0.4, 0.5) is 4.79 Å². The number of nitrogens with one attached hydrogen (secondary N) is 2. The van der Waals surface area contributed by atoms with Crippen LogP contribution in [0.3, 0.4) is 0 Å². The van der Waals surface area contributed by atoms with E-state index in [0.717, 1.165) is 31.2 Å². The predicted octanol–water partition coefficient (Wildman–Crippen LogP) is 3.27. The largest absolute Gasteiger partial charge is 0.453 e. The fourth-order valence-electron chi connectivity index (χ4n) is 3.13. The number of hydrogen-bond donors (Lipinski definition) is 2. The Kier molecular flexibility index (Phi) is 7.63. The zero-order valence-corrected chi connectivity index (χ0v) is 15.5. The van der Waals surface area contributed by atoms with Gasteiger partial charge in [0, 0.05) is 6.04 Å². The summed E-state index contributed by atoms with van der Waals surface area (Å²) in [6.07, 6.45) is 4.40. The van der Waals surface area contributed by atoms with Crippen molar-refractivity contribution in [2.75, 3.05) is 0 Å². The van der Waals surface area contributed by atoms with Crippen LogP contribution in [0.2, 0.25) is 0 Å². The molecule has 1 aliphatic rings. The maximum absolute atomic E-state index is 12.0. The van der Waals surface area contributed by atoms with Crippen LogP contribution in [0.5, 0.6) is 0 Å². The van der Waals surface area contributed by atoms with Gasteiger partial charge in [0.15, 0.2) is 6.10 Å². The molecule has 1 aromatic carbocycles. The van der Waals surface area contributed by atoms with Gasteiger partial charge in [-0.1, -0.05) is 56.5 Å². The molecule has 0 spiro atoms. The maximum Gasteiger partial charge on any atom is 0.321 e. The molecule has 0 unspecified atom stereocenters. The summed E-state index contributed by atoms with van der Waals surface area (Å²) in [5, 5.41) is 5.05. The van der Waals surface area contributed by atoms with E-state index in [1.165, 1.54) is 13.3 Å². The Bertz CT molecular complexity index is 611. The van der Waals surface area contributed by atoms with E-state index in [0.29, 0.717) is 0 Å². The van der Waals surface area contributed by atoms with Gasteiger partial charge in [0.2, 0.25) is 0 Å². The first-order valence-electron chi connectivity index (χ1n) is 9.31. The van der Waals surface area contributed by atoms with Gasteiger partial charge < -0.3 is 10.1 Å². The smallest absolute Gasteiger partial charge is 0.321 e. The Morgan fingerprint density at radius 2 is 1.73 bits per heavy atom.